The first kappa shape index (κ1) is 19.9. The summed E-state index contributed by atoms with van der Waals surface area (Å²) in [7, 11) is 0. The number of anilines is 1. The quantitative estimate of drug-likeness (QED) is 0.490. The molecule has 1 amide bonds. The van der Waals surface area contributed by atoms with Gasteiger partial charge in [-0.2, -0.15) is 17.5 Å². The predicted octanol–water partition coefficient (Wildman–Crippen LogP) is 6.10. The zero-order chi connectivity index (χ0) is 20.6. The van der Waals surface area contributed by atoms with E-state index in [1.165, 1.54) is 6.07 Å². The molecule has 1 N–H and O–H groups in total. The summed E-state index contributed by atoms with van der Waals surface area (Å²) in [5.41, 5.74) is 1.01. The SMILES string of the molecule is O=C(Nc1csnc1-c1cccc(C(F)(F)F)c1)C1CCOc2ccc(Br)cc21. The number of fused-ring (bicyclic) bond motifs is 1. The molecule has 2 heterocycles. The summed E-state index contributed by atoms with van der Waals surface area (Å²) < 4.78 is 49.7. The second-order valence-electron chi connectivity index (χ2n) is 6.52. The highest BCUT2D eigenvalue weighted by atomic mass is 79.9. The van der Waals surface area contributed by atoms with Gasteiger partial charge < -0.3 is 10.1 Å². The highest BCUT2D eigenvalue weighted by Crippen LogP contribution is 2.38. The number of aromatic nitrogens is 1. The predicted molar refractivity (Wildman–Crippen MR) is 108 cm³/mol. The number of benzene rings is 2. The minimum absolute atomic E-state index is 0.249. The van der Waals surface area contributed by atoms with E-state index in [-0.39, 0.29) is 5.91 Å². The number of amides is 1. The number of halogens is 4. The summed E-state index contributed by atoms with van der Waals surface area (Å²) in [6, 6.07) is 10.4. The van der Waals surface area contributed by atoms with Gasteiger partial charge in [-0.15, -0.1) is 0 Å². The maximum Gasteiger partial charge on any atom is 0.416 e. The Balaban J connectivity index is 1.61. The molecule has 150 valence electrons. The van der Waals surface area contributed by atoms with Gasteiger partial charge in [0.2, 0.25) is 5.91 Å². The van der Waals surface area contributed by atoms with Crippen LogP contribution >= 0.6 is 27.5 Å². The Kier molecular flexibility index (Phi) is 5.35. The summed E-state index contributed by atoms with van der Waals surface area (Å²) in [4.78, 5) is 13.0. The third kappa shape index (κ3) is 4.16. The van der Waals surface area contributed by atoms with Gasteiger partial charge in [0.15, 0.2) is 0 Å². The van der Waals surface area contributed by atoms with Gasteiger partial charge in [0.1, 0.15) is 11.4 Å². The maximum absolute atomic E-state index is 13.0. The van der Waals surface area contributed by atoms with Crippen molar-refractivity contribution < 1.29 is 22.7 Å². The molecule has 4 rings (SSSR count). The van der Waals surface area contributed by atoms with Crippen molar-refractivity contribution >= 4 is 39.1 Å². The highest BCUT2D eigenvalue weighted by Gasteiger charge is 2.31. The van der Waals surface area contributed by atoms with Crippen LogP contribution in [0.25, 0.3) is 11.3 Å². The van der Waals surface area contributed by atoms with E-state index in [0.29, 0.717) is 35.7 Å². The van der Waals surface area contributed by atoms with Crippen LogP contribution in [0.5, 0.6) is 5.75 Å². The van der Waals surface area contributed by atoms with Crippen LogP contribution in [0.3, 0.4) is 0 Å². The van der Waals surface area contributed by atoms with E-state index in [9.17, 15) is 18.0 Å². The topological polar surface area (TPSA) is 51.2 Å². The number of carbonyl (C=O) groups excluding carboxylic acids is 1. The molecule has 1 aliphatic heterocycles. The van der Waals surface area contributed by atoms with Gasteiger partial charge in [0.05, 0.1) is 23.8 Å². The minimum Gasteiger partial charge on any atom is -0.493 e. The Morgan fingerprint density at radius 1 is 1.24 bits per heavy atom. The molecule has 0 aliphatic carbocycles. The molecule has 9 heteroatoms. The monoisotopic (exact) mass is 482 g/mol. The van der Waals surface area contributed by atoms with Crippen molar-refractivity contribution in [3.05, 3.63) is 63.4 Å². The molecule has 0 saturated heterocycles. The van der Waals surface area contributed by atoms with E-state index in [4.69, 9.17) is 4.74 Å². The van der Waals surface area contributed by atoms with E-state index in [1.54, 1.807) is 17.5 Å². The fourth-order valence-electron chi connectivity index (χ4n) is 3.23. The Hall–Kier alpha value is -2.39. The smallest absolute Gasteiger partial charge is 0.416 e. The fraction of sp³-hybridized carbons (Fsp3) is 0.200. The van der Waals surface area contributed by atoms with Crippen LogP contribution in [-0.4, -0.2) is 16.9 Å². The van der Waals surface area contributed by atoms with Gasteiger partial charge >= 0.3 is 6.18 Å². The molecule has 0 spiro atoms. The second-order valence-corrected chi connectivity index (χ2v) is 8.06. The van der Waals surface area contributed by atoms with Gasteiger partial charge in [-0.1, -0.05) is 28.1 Å². The summed E-state index contributed by atoms with van der Waals surface area (Å²) in [6.45, 7) is 0.412. The molecule has 0 radical (unpaired) electrons. The lowest BCUT2D eigenvalue weighted by Gasteiger charge is -2.25. The molecule has 29 heavy (non-hydrogen) atoms. The third-order valence-electron chi connectivity index (χ3n) is 4.62. The number of rotatable bonds is 3. The molecule has 2 aromatic carbocycles. The molecule has 1 aliphatic rings. The van der Waals surface area contributed by atoms with Crippen LogP contribution in [0.2, 0.25) is 0 Å². The Morgan fingerprint density at radius 2 is 2.07 bits per heavy atom. The van der Waals surface area contributed by atoms with Crippen LogP contribution in [0.4, 0.5) is 18.9 Å². The number of nitrogens with one attached hydrogen (secondary N) is 1. The molecule has 0 saturated carbocycles. The van der Waals surface area contributed by atoms with E-state index >= 15 is 0 Å². The van der Waals surface area contributed by atoms with Crippen molar-refractivity contribution in [2.45, 2.75) is 18.5 Å². The van der Waals surface area contributed by atoms with Crippen LogP contribution < -0.4 is 10.1 Å². The van der Waals surface area contributed by atoms with Gasteiger partial charge in [0.25, 0.3) is 0 Å². The van der Waals surface area contributed by atoms with Crippen LogP contribution in [0, 0.1) is 0 Å². The van der Waals surface area contributed by atoms with Gasteiger partial charge in [-0.25, -0.2) is 0 Å². The number of hydrogen-bond donors (Lipinski definition) is 1. The van der Waals surface area contributed by atoms with Crippen LogP contribution in [0.15, 0.2) is 52.3 Å². The molecular weight excluding hydrogens is 469 g/mol. The number of carbonyl (C=O) groups is 1. The number of nitrogens with zero attached hydrogens (tertiary/aromatic N) is 1. The molecule has 1 atom stereocenters. The van der Waals surface area contributed by atoms with Crippen LogP contribution in [0.1, 0.15) is 23.5 Å². The first-order chi connectivity index (χ1) is 13.8. The standard InChI is InChI=1S/C20H14BrF3N2O2S/c21-13-4-5-17-15(9-13)14(6-7-28-17)19(27)25-16-10-29-26-18(16)11-2-1-3-12(8-11)20(22,23)24/h1-5,8-10,14H,6-7H2,(H,25,27). The summed E-state index contributed by atoms with van der Waals surface area (Å²) in [5, 5.41) is 4.45. The largest absolute Gasteiger partial charge is 0.493 e. The molecular formula is C20H14BrF3N2O2S. The van der Waals surface area contributed by atoms with E-state index < -0.39 is 17.7 Å². The molecule has 4 nitrogen and oxygen atoms in total. The zero-order valence-electron chi connectivity index (χ0n) is 14.8. The highest BCUT2D eigenvalue weighted by molar-refractivity contribution is 9.10. The second kappa shape index (κ2) is 7.79. The summed E-state index contributed by atoms with van der Waals surface area (Å²) in [5.74, 6) is -0.0206. The molecule has 3 aromatic rings. The molecule has 0 bridgehead atoms. The molecule has 0 fully saturated rings. The maximum atomic E-state index is 13.0. The lowest BCUT2D eigenvalue weighted by atomic mass is 9.92. The first-order valence-electron chi connectivity index (χ1n) is 8.68. The lowest BCUT2D eigenvalue weighted by molar-refractivity contribution is -0.137. The first-order valence-corrected chi connectivity index (χ1v) is 10.3. The van der Waals surface area contributed by atoms with Gasteiger partial charge in [-0.05, 0) is 48.3 Å². The number of hydrogen-bond acceptors (Lipinski definition) is 4. The molecule has 1 aromatic heterocycles. The van der Waals surface area contributed by atoms with Crippen molar-refractivity contribution in [3.63, 3.8) is 0 Å². The average Bonchev–Trinajstić information content (AvgIpc) is 3.15. The van der Waals surface area contributed by atoms with E-state index in [0.717, 1.165) is 33.7 Å². The summed E-state index contributed by atoms with van der Waals surface area (Å²) in [6.07, 6.45) is -3.94. The van der Waals surface area contributed by atoms with Crippen molar-refractivity contribution in [1.82, 2.24) is 4.37 Å². The van der Waals surface area contributed by atoms with E-state index in [2.05, 4.69) is 25.6 Å². The van der Waals surface area contributed by atoms with Crippen LogP contribution in [-0.2, 0) is 11.0 Å². The zero-order valence-corrected chi connectivity index (χ0v) is 17.2. The van der Waals surface area contributed by atoms with Gasteiger partial charge in [0, 0.05) is 21.0 Å². The Labute approximate surface area is 177 Å². The van der Waals surface area contributed by atoms with Gasteiger partial charge in [-0.3, -0.25) is 4.79 Å². The molecule has 1 unspecified atom stereocenters. The lowest BCUT2D eigenvalue weighted by Crippen LogP contribution is -2.26. The number of alkyl halides is 3. The van der Waals surface area contributed by atoms with Crippen molar-refractivity contribution in [1.29, 1.82) is 0 Å². The third-order valence-corrected chi connectivity index (χ3v) is 5.74. The van der Waals surface area contributed by atoms with Crippen molar-refractivity contribution in [2.24, 2.45) is 0 Å². The summed E-state index contributed by atoms with van der Waals surface area (Å²) >= 11 is 4.48. The van der Waals surface area contributed by atoms with Crippen molar-refractivity contribution in [2.75, 3.05) is 11.9 Å². The Bertz CT molecular complexity index is 1070. The fourth-order valence-corrected chi connectivity index (χ4v) is 4.25. The Morgan fingerprint density at radius 3 is 2.86 bits per heavy atom. The van der Waals surface area contributed by atoms with E-state index in [1.807, 2.05) is 12.1 Å². The average molecular weight is 483 g/mol. The van der Waals surface area contributed by atoms with Crippen molar-refractivity contribution in [3.8, 4) is 17.0 Å². The minimum atomic E-state index is -4.45. The normalized spacial score (nSPS) is 16.1. The number of ether oxygens (including phenoxy) is 1.